The number of carboxylic acids is 1. The Morgan fingerprint density at radius 2 is 2.15 bits per heavy atom. The standard InChI is InChI=1S/C14H19FN2O3/c1-3-5-12(13(18)19)16-14(20)17(2)9-10-6-4-7-11(15)8-10/h4,6-8,12H,3,5,9H2,1-2H3,(H,16,20)(H,18,19)/t12-/m0/s1. The number of benzene rings is 1. The van der Waals surface area contributed by atoms with Crippen LogP contribution in [0.1, 0.15) is 25.3 Å². The van der Waals surface area contributed by atoms with Gasteiger partial charge in [0.25, 0.3) is 0 Å². The second kappa shape index (κ2) is 7.47. The van der Waals surface area contributed by atoms with Gasteiger partial charge in [-0.05, 0) is 24.1 Å². The highest BCUT2D eigenvalue weighted by Crippen LogP contribution is 2.07. The van der Waals surface area contributed by atoms with E-state index >= 15 is 0 Å². The van der Waals surface area contributed by atoms with E-state index in [1.54, 1.807) is 12.1 Å². The average Bonchev–Trinajstić information content (AvgIpc) is 2.37. The number of nitrogens with one attached hydrogen (secondary N) is 1. The minimum atomic E-state index is -1.06. The van der Waals surface area contributed by atoms with Crippen LogP contribution in [-0.4, -0.2) is 35.1 Å². The molecule has 0 aliphatic rings. The predicted molar refractivity (Wildman–Crippen MR) is 72.7 cm³/mol. The summed E-state index contributed by atoms with van der Waals surface area (Å²) >= 11 is 0. The molecule has 0 fully saturated rings. The third kappa shape index (κ3) is 4.87. The van der Waals surface area contributed by atoms with Crippen LogP contribution in [0.25, 0.3) is 0 Å². The van der Waals surface area contributed by atoms with Gasteiger partial charge in [-0.3, -0.25) is 0 Å². The normalized spacial score (nSPS) is 11.8. The summed E-state index contributed by atoms with van der Waals surface area (Å²) in [4.78, 5) is 24.2. The number of hydrogen-bond acceptors (Lipinski definition) is 2. The number of nitrogens with zero attached hydrogens (tertiary/aromatic N) is 1. The van der Waals surface area contributed by atoms with Crippen molar-refractivity contribution in [1.29, 1.82) is 0 Å². The molecule has 5 nitrogen and oxygen atoms in total. The van der Waals surface area contributed by atoms with Crippen molar-refractivity contribution in [3.05, 3.63) is 35.6 Å². The van der Waals surface area contributed by atoms with Gasteiger partial charge in [0.2, 0.25) is 0 Å². The fourth-order valence-electron chi connectivity index (χ4n) is 1.79. The minimum Gasteiger partial charge on any atom is -0.480 e. The largest absolute Gasteiger partial charge is 0.480 e. The smallest absolute Gasteiger partial charge is 0.326 e. The molecule has 0 unspecified atom stereocenters. The molecule has 20 heavy (non-hydrogen) atoms. The molecule has 2 N–H and O–H groups in total. The first-order valence-corrected chi connectivity index (χ1v) is 6.43. The van der Waals surface area contributed by atoms with Crippen molar-refractivity contribution in [2.75, 3.05) is 7.05 Å². The van der Waals surface area contributed by atoms with Gasteiger partial charge >= 0.3 is 12.0 Å². The second-order valence-corrected chi connectivity index (χ2v) is 4.61. The summed E-state index contributed by atoms with van der Waals surface area (Å²) in [5, 5.41) is 11.4. The van der Waals surface area contributed by atoms with Gasteiger partial charge in [0.05, 0.1) is 0 Å². The number of hydrogen-bond donors (Lipinski definition) is 2. The third-order valence-electron chi connectivity index (χ3n) is 2.83. The van der Waals surface area contributed by atoms with Crippen LogP contribution in [-0.2, 0) is 11.3 Å². The van der Waals surface area contributed by atoms with Gasteiger partial charge in [0.1, 0.15) is 11.9 Å². The number of carbonyl (C=O) groups excluding carboxylic acids is 1. The maximum Gasteiger partial charge on any atom is 0.326 e. The summed E-state index contributed by atoms with van der Waals surface area (Å²) in [7, 11) is 1.53. The molecule has 6 heteroatoms. The van der Waals surface area contributed by atoms with Crippen molar-refractivity contribution in [2.45, 2.75) is 32.4 Å². The molecule has 0 radical (unpaired) electrons. The Balaban J connectivity index is 2.60. The molecular formula is C14H19FN2O3. The number of halogens is 1. The van der Waals surface area contributed by atoms with E-state index in [2.05, 4.69) is 5.32 Å². The Bertz CT molecular complexity index is 479. The van der Waals surface area contributed by atoms with Crippen LogP contribution in [0.5, 0.6) is 0 Å². The fourth-order valence-corrected chi connectivity index (χ4v) is 1.79. The van der Waals surface area contributed by atoms with Crippen LogP contribution in [0, 0.1) is 5.82 Å². The molecule has 1 atom stereocenters. The van der Waals surface area contributed by atoms with E-state index in [1.165, 1.54) is 24.1 Å². The summed E-state index contributed by atoms with van der Waals surface area (Å²) in [5.74, 6) is -1.43. The molecule has 2 amide bonds. The van der Waals surface area contributed by atoms with Crippen LogP contribution < -0.4 is 5.32 Å². The van der Waals surface area contributed by atoms with Crippen molar-refractivity contribution in [2.24, 2.45) is 0 Å². The van der Waals surface area contributed by atoms with Crippen LogP contribution in [0.4, 0.5) is 9.18 Å². The summed E-state index contributed by atoms with van der Waals surface area (Å²) in [6.07, 6.45) is 1.03. The fraction of sp³-hybridized carbons (Fsp3) is 0.429. The number of carbonyl (C=O) groups is 2. The summed E-state index contributed by atoms with van der Waals surface area (Å²) < 4.78 is 13.0. The summed E-state index contributed by atoms with van der Waals surface area (Å²) in [6, 6.07) is 4.54. The zero-order valence-electron chi connectivity index (χ0n) is 11.6. The molecule has 0 aromatic heterocycles. The zero-order valence-corrected chi connectivity index (χ0v) is 11.6. The van der Waals surface area contributed by atoms with E-state index < -0.39 is 18.0 Å². The highest BCUT2D eigenvalue weighted by molar-refractivity contribution is 5.82. The van der Waals surface area contributed by atoms with Crippen molar-refractivity contribution in [3.63, 3.8) is 0 Å². The molecule has 1 aromatic carbocycles. The van der Waals surface area contributed by atoms with E-state index in [0.717, 1.165) is 0 Å². The van der Waals surface area contributed by atoms with E-state index in [-0.39, 0.29) is 12.4 Å². The van der Waals surface area contributed by atoms with Gasteiger partial charge in [0, 0.05) is 13.6 Å². The maximum absolute atomic E-state index is 13.0. The molecule has 0 aliphatic heterocycles. The van der Waals surface area contributed by atoms with E-state index in [1.807, 2.05) is 6.92 Å². The third-order valence-corrected chi connectivity index (χ3v) is 2.83. The number of urea groups is 1. The quantitative estimate of drug-likeness (QED) is 0.840. The molecule has 1 aromatic rings. The number of aliphatic carboxylic acids is 1. The van der Waals surface area contributed by atoms with Gasteiger partial charge in [-0.1, -0.05) is 25.5 Å². The topological polar surface area (TPSA) is 69.6 Å². The lowest BCUT2D eigenvalue weighted by molar-refractivity contribution is -0.139. The highest BCUT2D eigenvalue weighted by atomic mass is 19.1. The van der Waals surface area contributed by atoms with Crippen molar-refractivity contribution in [1.82, 2.24) is 10.2 Å². The van der Waals surface area contributed by atoms with Crippen LogP contribution in [0.15, 0.2) is 24.3 Å². The van der Waals surface area contributed by atoms with Crippen molar-refractivity contribution >= 4 is 12.0 Å². The SMILES string of the molecule is CCC[C@H](NC(=O)N(C)Cc1cccc(F)c1)C(=O)O. The predicted octanol–water partition coefficient (Wildman–Crippen LogP) is 2.22. The lowest BCUT2D eigenvalue weighted by Crippen LogP contribution is -2.46. The first-order valence-electron chi connectivity index (χ1n) is 6.43. The van der Waals surface area contributed by atoms with Gasteiger partial charge in [-0.15, -0.1) is 0 Å². The van der Waals surface area contributed by atoms with Gasteiger partial charge < -0.3 is 15.3 Å². The molecular weight excluding hydrogens is 263 g/mol. The molecule has 0 saturated carbocycles. The Labute approximate surface area is 117 Å². The van der Waals surface area contributed by atoms with E-state index in [9.17, 15) is 14.0 Å². The lowest BCUT2D eigenvalue weighted by atomic mass is 10.2. The Hall–Kier alpha value is -2.11. The summed E-state index contributed by atoms with van der Waals surface area (Å²) in [6.45, 7) is 2.06. The van der Waals surface area contributed by atoms with Crippen LogP contribution >= 0.6 is 0 Å². The second-order valence-electron chi connectivity index (χ2n) is 4.61. The number of carboxylic acid groups (broad SMARTS) is 1. The Morgan fingerprint density at radius 3 is 2.70 bits per heavy atom. The Morgan fingerprint density at radius 1 is 1.45 bits per heavy atom. The van der Waals surface area contributed by atoms with Gasteiger partial charge in [0.15, 0.2) is 0 Å². The highest BCUT2D eigenvalue weighted by Gasteiger charge is 2.20. The minimum absolute atomic E-state index is 0.210. The van der Waals surface area contributed by atoms with Crippen molar-refractivity contribution in [3.8, 4) is 0 Å². The first-order chi connectivity index (χ1) is 9.43. The average molecular weight is 282 g/mol. The molecule has 110 valence electrons. The maximum atomic E-state index is 13.0. The number of amides is 2. The molecule has 0 bridgehead atoms. The summed E-state index contributed by atoms with van der Waals surface area (Å²) in [5.41, 5.74) is 0.644. The molecule has 1 rings (SSSR count). The molecule has 0 saturated heterocycles. The van der Waals surface area contributed by atoms with Crippen molar-refractivity contribution < 1.29 is 19.1 Å². The monoisotopic (exact) mass is 282 g/mol. The van der Waals surface area contributed by atoms with Crippen LogP contribution in [0.2, 0.25) is 0 Å². The van der Waals surface area contributed by atoms with Gasteiger partial charge in [-0.25, -0.2) is 14.0 Å². The number of rotatable bonds is 6. The van der Waals surface area contributed by atoms with Gasteiger partial charge in [-0.2, -0.15) is 0 Å². The lowest BCUT2D eigenvalue weighted by Gasteiger charge is -2.21. The molecule has 0 spiro atoms. The van der Waals surface area contributed by atoms with Crippen LogP contribution in [0.3, 0.4) is 0 Å². The molecule has 0 heterocycles. The Kier molecular flexibility index (Phi) is 5.96. The van der Waals surface area contributed by atoms with E-state index in [4.69, 9.17) is 5.11 Å². The molecule has 0 aliphatic carbocycles. The first kappa shape index (κ1) is 15.9. The van der Waals surface area contributed by atoms with E-state index in [0.29, 0.717) is 18.4 Å². The zero-order chi connectivity index (χ0) is 15.1.